The van der Waals surface area contributed by atoms with Crippen molar-refractivity contribution < 1.29 is 48.0 Å². The van der Waals surface area contributed by atoms with Gasteiger partial charge in [0, 0.05) is 36.8 Å². The molecule has 0 aliphatic carbocycles. The average Bonchev–Trinajstić information content (AvgIpc) is 2.99. The van der Waals surface area contributed by atoms with Crippen LogP contribution in [0.25, 0.3) is 0 Å². The van der Waals surface area contributed by atoms with Crippen molar-refractivity contribution in [1.29, 1.82) is 0 Å². The number of primary amides is 1. The second kappa shape index (κ2) is 16.1. The van der Waals surface area contributed by atoms with Gasteiger partial charge in [-0.1, -0.05) is 33.8 Å². The lowest BCUT2D eigenvalue weighted by molar-refractivity contribution is -0.295. The zero-order chi connectivity index (χ0) is 35.3. The van der Waals surface area contributed by atoms with E-state index in [1.165, 1.54) is 14.0 Å². The van der Waals surface area contributed by atoms with Crippen LogP contribution in [-0.4, -0.2) is 103 Å². The van der Waals surface area contributed by atoms with E-state index in [4.69, 9.17) is 29.4 Å². The van der Waals surface area contributed by atoms with Crippen molar-refractivity contribution >= 4 is 23.6 Å². The first-order valence-electron chi connectivity index (χ1n) is 16.3. The van der Waals surface area contributed by atoms with E-state index in [1.807, 2.05) is 25.9 Å². The minimum Gasteiger partial charge on any atom is -0.458 e. The number of carbonyl (C=O) groups excluding carboxylic acids is 4. The third-order valence-corrected chi connectivity index (χ3v) is 10.5. The number of aliphatic hydroxyl groups excluding tert-OH is 1. The second-order valence-corrected chi connectivity index (χ2v) is 14.0. The molecule has 0 aromatic heterocycles. The molecular weight excluding hydrogens is 596 g/mol. The molecule has 2 saturated heterocycles. The Bertz CT molecular complexity index is 1100. The summed E-state index contributed by atoms with van der Waals surface area (Å²) in [6.45, 7) is 17.4. The summed E-state index contributed by atoms with van der Waals surface area (Å²) in [4.78, 5) is 55.9. The maximum atomic E-state index is 14.1. The highest BCUT2D eigenvalue weighted by molar-refractivity contribution is 6.00. The highest BCUT2D eigenvalue weighted by atomic mass is 16.7. The summed E-state index contributed by atoms with van der Waals surface area (Å²) >= 11 is 0. The number of ketones is 2. The molecule has 0 spiro atoms. The van der Waals surface area contributed by atoms with Crippen molar-refractivity contribution in [2.24, 2.45) is 35.3 Å². The van der Waals surface area contributed by atoms with Crippen molar-refractivity contribution in [2.75, 3.05) is 21.2 Å². The van der Waals surface area contributed by atoms with E-state index >= 15 is 0 Å². The Morgan fingerprint density at radius 1 is 1.09 bits per heavy atom. The fourth-order valence-electron chi connectivity index (χ4n) is 7.11. The van der Waals surface area contributed by atoms with Gasteiger partial charge in [-0.25, -0.2) is 4.79 Å². The Balaban J connectivity index is 2.69. The summed E-state index contributed by atoms with van der Waals surface area (Å²) in [6.07, 6.45) is -2.57. The first-order chi connectivity index (χ1) is 21.2. The van der Waals surface area contributed by atoms with Gasteiger partial charge in [-0.05, 0) is 67.5 Å². The number of hydrogen-bond donors (Lipinski definition) is 2. The standard InChI is InChI=1S/C34H58N2O10/c1-13-14-15-25-34(9,46-32(35)41)23(7)20(4)26(37)18(2)17-33(8,42-12)29(21(5)27(38)22(6)30(40)44-25)45-31-28(39)24(36(10)11)16-19(3)43-31/h13,18-25,28-29,31,39H,1,14-17H2,2-12H3,(H2,35,41)/t18-,19?,20-,21+,22-,23-,24?,25-,28?,29-,31?,33-,34+/m1/s1. The number of aliphatic hydroxyl groups is 1. The van der Waals surface area contributed by atoms with Gasteiger partial charge in [0.05, 0.1) is 17.8 Å². The third kappa shape index (κ3) is 8.74. The van der Waals surface area contributed by atoms with E-state index in [0.717, 1.165) is 0 Å². The molecule has 264 valence electrons. The van der Waals surface area contributed by atoms with Crippen molar-refractivity contribution in [3.05, 3.63) is 12.7 Å². The lowest BCUT2D eigenvalue weighted by Crippen LogP contribution is -2.59. The Morgan fingerprint density at radius 2 is 1.70 bits per heavy atom. The Hall–Kier alpha value is -2.38. The largest absolute Gasteiger partial charge is 0.458 e. The first kappa shape index (κ1) is 39.8. The number of esters is 1. The molecule has 2 fully saturated rings. The quantitative estimate of drug-likeness (QED) is 0.223. The molecule has 0 aromatic rings. The first-order valence-corrected chi connectivity index (χ1v) is 16.3. The lowest BCUT2D eigenvalue weighted by atomic mass is 9.71. The maximum Gasteiger partial charge on any atom is 0.405 e. The lowest BCUT2D eigenvalue weighted by Gasteiger charge is -2.47. The molecule has 2 aliphatic rings. The predicted molar refractivity (Wildman–Crippen MR) is 172 cm³/mol. The van der Waals surface area contributed by atoms with Crippen molar-refractivity contribution in [1.82, 2.24) is 4.90 Å². The molecule has 3 N–H and O–H groups in total. The number of allylic oxidation sites excluding steroid dienone is 1. The van der Waals surface area contributed by atoms with Gasteiger partial charge in [0.1, 0.15) is 23.9 Å². The zero-order valence-corrected chi connectivity index (χ0v) is 29.6. The number of likely N-dealkylation sites (N-methyl/N-ethyl adjacent to an activating group) is 1. The molecule has 4 unspecified atom stereocenters. The highest BCUT2D eigenvalue weighted by Crippen LogP contribution is 2.41. The summed E-state index contributed by atoms with van der Waals surface area (Å²) in [5.41, 5.74) is 2.76. The molecule has 2 rings (SSSR count). The molecule has 13 atom stereocenters. The summed E-state index contributed by atoms with van der Waals surface area (Å²) in [7, 11) is 5.20. The van der Waals surface area contributed by atoms with Gasteiger partial charge in [-0.2, -0.15) is 0 Å². The van der Waals surface area contributed by atoms with Crippen molar-refractivity contribution in [3.63, 3.8) is 0 Å². The minimum atomic E-state index is -1.50. The topological polar surface area (TPSA) is 164 Å². The molecule has 0 saturated carbocycles. The number of methoxy groups -OCH3 is 1. The van der Waals surface area contributed by atoms with E-state index in [9.17, 15) is 24.3 Å². The van der Waals surface area contributed by atoms with Gasteiger partial charge in [0.25, 0.3) is 0 Å². The van der Waals surface area contributed by atoms with E-state index in [0.29, 0.717) is 12.8 Å². The Labute approximate surface area is 274 Å². The SMILES string of the molecule is C=CCC[C@H]1OC(=O)[C@H](C)C(=O)[C@H](C)[C@@H](OC2OC(C)CC(N(C)C)C2O)[C@](C)(OC)C[C@@H](C)C(=O)[C@H](C)[C@@H](C)[C@]1(C)OC(N)=O. The number of hydrogen-bond acceptors (Lipinski definition) is 11. The number of rotatable bonds is 8. The van der Waals surface area contributed by atoms with Crippen LogP contribution in [0.4, 0.5) is 4.79 Å². The zero-order valence-electron chi connectivity index (χ0n) is 29.6. The number of Topliss-reactive ketones (excluding diaryl/α,β-unsaturated/α-hetero) is 2. The third-order valence-electron chi connectivity index (χ3n) is 10.5. The number of amides is 1. The van der Waals surface area contributed by atoms with E-state index in [-0.39, 0.29) is 30.8 Å². The Morgan fingerprint density at radius 3 is 2.22 bits per heavy atom. The smallest absolute Gasteiger partial charge is 0.405 e. The molecule has 0 radical (unpaired) electrons. The van der Waals surface area contributed by atoms with E-state index in [2.05, 4.69) is 6.58 Å². The minimum absolute atomic E-state index is 0.142. The summed E-state index contributed by atoms with van der Waals surface area (Å²) in [6, 6.07) is -0.270. The molecule has 46 heavy (non-hydrogen) atoms. The van der Waals surface area contributed by atoms with E-state index in [1.54, 1.807) is 47.6 Å². The number of cyclic esters (lactones) is 1. The van der Waals surface area contributed by atoms with Gasteiger partial charge in [0.2, 0.25) is 0 Å². The van der Waals surface area contributed by atoms with Crippen LogP contribution in [0.3, 0.4) is 0 Å². The van der Waals surface area contributed by atoms with Gasteiger partial charge in [0.15, 0.2) is 17.7 Å². The predicted octanol–water partition coefficient (Wildman–Crippen LogP) is 3.66. The number of carbonyl (C=O) groups is 4. The van der Waals surface area contributed by atoms with Crippen LogP contribution in [-0.2, 0) is 38.1 Å². The number of ether oxygens (including phenoxy) is 5. The number of nitrogens with zero attached hydrogens (tertiary/aromatic N) is 1. The average molecular weight is 655 g/mol. The molecule has 12 heteroatoms. The Kier molecular flexibility index (Phi) is 14.0. The monoisotopic (exact) mass is 654 g/mol. The van der Waals surface area contributed by atoms with Crippen LogP contribution in [0, 0.1) is 29.6 Å². The van der Waals surface area contributed by atoms with Crippen LogP contribution < -0.4 is 5.73 Å². The molecule has 0 bridgehead atoms. The van der Waals surface area contributed by atoms with Crippen molar-refractivity contribution in [3.8, 4) is 0 Å². The molecule has 2 heterocycles. The van der Waals surface area contributed by atoms with Crippen LogP contribution in [0.5, 0.6) is 0 Å². The normalized spacial score (nSPS) is 41.8. The molecular formula is C34H58N2O10. The van der Waals surface area contributed by atoms with Gasteiger partial charge < -0.3 is 39.4 Å². The fourth-order valence-corrected chi connectivity index (χ4v) is 7.11. The molecule has 1 amide bonds. The molecule has 12 nitrogen and oxygen atoms in total. The van der Waals surface area contributed by atoms with Gasteiger partial charge >= 0.3 is 12.1 Å². The summed E-state index contributed by atoms with van der Waals surface area (Å²) in [5.74, 6) is -5.59. The summed E-state index contributed by atoms with van der Waals surface area (Å²) < 4.78 is 30.3. The second-order valence-electron chi connectivity index (χ2n) is 14.0. The maximum absolute atomic E-state index is 14.1. The number of nitrogens with two attached hydrogens (primary N) is 1. The molecule has 0 aromatic carbocycles. The van der Waals surface area contributed by atoms with Crippen LogP contribution in [0.15, 0.2) is 12.7 Å². The molecule has 2 aliphatic heterocycles. The highest BCUT2D eigenvalue weighted by Gasteiger charge is 2.53. The summed E-state index contributed by atoms with van der Waals surface area (Å²) in [5, 5.41) is 11.3. The fraction of sp³-hybridized carbons (Fsp3) is 0.824. The van der Waals surface area contributed by atoms with Gasteiger partial charge in [-0.15, -0.1) is 6.58 Å². The van der Waals surface area contributed by atoms with Crippen LogP contribution >= 0.6 is 0 Å². The van der Waals surface area contributed by atoms with Crippen LogP contribution in [0.1, 0.15) is 81.1 Å². The van der Waals surface area contributed by atoms with Crippen molar-refractivity contribution in [2.45, 2.75) is 129 Å². The van der Waals surface area contributed by atoms with Gasteiger partial charge in [-0.3, -0.25) is 14.4 Å². The van der Waals surface area contributed by atoms with E-state index < -0.39 is 83.2 Å². The van der Waals surface area contributed by atoms with Crippen LogP contribution in [0.2, 0.25) is 0 Å².